The molecule has 112 valence electrons. The molecule has 0 aliphatic rings. The Morgan fingerprint density at radius 1 is 1.10 bits per heavy atom. The van der Waals surface area contributed by atoms with Gasteiger partial charge in [-0.05, 0) is 39.0 Å². The molecular weight excluding hydrogens is 328 g/mol. The van der Waals surface area contributed by atoms with E-state index in [-0.39, 0.29) is 11.3 Å². The Kier molecular flexibility index (Phi) is 4.67. The molecule has 21 heavy (non-hydrogen) atoms. The molecular formula is C17H21BrN2O. The van der Waals surface area contributed by atoms with Gasteiger partial charge in [0.25, 0.3) is 0 Å². The van der Waals surface area contributed by atoms with Gasteiger partial charge in [-0.3, -0.25) is 0 Å². The number of aromatic nitrogens is 2. The summed E-state index contributed by atoms with van der Waals surface area (Å²) in [6.45, 7) is 10.7. The Morgan fingerprint density at radius 2 is 1.81 bits per heavy atom. The summed E-state index contributed by atoms with van der Waals surface area (Å²) in [6, 6.07) is 9.92. The van der Waals surface area contributed by atoms with E-state index in [4.69, 9.17) is 4.74 Å². The van der Waals surface area contributed by atoms with Gasteiger partial charge in [-0.2, -0.15) is 4.98 Å². The third-order valence-electron chi connectivity index (χ3n) is 3.13. The lowest BCUT2D eigenvalue weighted by atomic mass is 9.87. The van der Waals surface area contributed by atoms with E-state index in [1.807, 2.05) is 12.1 Å². The molecule has 0 unspecified atom stereocenters. The molecule has 0 saturated carbocycles. The van der Waals surface area contributed by atoms with E-state index in [1.165, 1.54) is 5.56 Å². The number of benzene rings is 1. The summed E-state index contributed by atoms with van der Waals surface area (Å²) >= 11 is 3.41. The summed E-state index contributed by atoms with van der Waals surface area (Å²) in [5, 5.41) is 0. The molecule has 2 rings (SSSR count). The van der Waals surface area contributed by atoms with Gasteiger partial charge in [-0.1, -0.05) is 46.8 Å². The first kappa shape index (κ1) is 16.0. The number of ether oxygens (including phenoxy) is 1. The van der Waals surface area contributed by atoms with Crippen LogP contribution >= 0.6 is 15.9 Å². The van der Waals surface area contributed by atoms with Crippen LogP contribution in [0.2, 0.25) is 0 Å². The molecule has 0 fully saturated rings. The SMILES string of the molecule is CC(C)c1nc(Br)cc(Oc2cccc(C(C)(C)C)c2)n1. The van der Waals surface area contributed by atoms with Crippen LogP contribution in [0.5, 0.6) is 11.6 Å². The van der Waals surface area contributed by atoms with Gasteiger partial charge in [-0.25, -0.2) is 4.98 Å². The molecule has 0 spiro atoms. The summed E-state index contributed by atoms with van der Waals surface area (Å²) in [7, 11) is 0. The average molecular weight is 349 g/mol. The van der Waals surface area contributed by atoms with Crippen molar-refractivity contribution in [3.05, 3.63) is 46.3 Å². The van der Waals surface area contributed by atoms with Crippen LogP contribution in [0.25, 0.3) is 0 Å². The fourth-order valence-electron chi connectivity index (χ4n) is 1.87. The van der Waals surface area contributed by atoms with Crippen molar-refractivity contribution in [1.82, 2.24) is 9.97 Å². The van der Waals surface area contributed by atoms with Crippen molar-refractivity contribution >= 4 is 15.9 Å². The van der Waals surface area contributed by atoms with Crippen molar-refractivity contribution in [2.24, 2.45) is 0 Å². The van der Waals surface area contributed by atoms with E-state index in [9.17, 15) is 0 Å². The van der Waals surface area contributed by atoms with Crippen molar-refractivity contribution in [3.63, 3.8) is 0 Å². The quantitative estimate of drug-likeness (QED) is 0.691. The van der Waals surface area contributed by atoms with Crippen LogP contribution in [0.4, 0.5) is 0 Å². The molecule has 3 nitrogen and oxygen atoms in total. The summed E-state index contributed by atoms with van der Waals surface area (Å²) < 4.78 is 6.64. The van der Waals surface area contributed by atoms with Crippen molar-refractivity contribution in [2.75, 3.05) is 0 Å². The normalized spacial score (nSPS) is 11.8. The highest BCUT2D eigenvalue weighted by atomic mass is 79.9. The second kappa shape index (κ2) is 6.14. The van der Waals surface area contributed by atoms with Crippen molar-refractivity contribution in [1.29, 1.82) is 0 Å². The van der Waals surface area contributed by atoms with E-state index < -0.39 is 0 Å². The minimum absolute atomic E-state index is 0.0920. The minimum atomic E-state index is 0.0920. The molecule has 2 aromatic rings. The molecule has 4 heteroatoms. The maximum Gasteiger partial charge on any atom is 0.223 e. The standard InChI is InChI=1S/C17H21BrN2O/c1-11(2)16-19-14(18)10-15(20-16)21-13-8-6-7-12(9-13)17(3,4)5/h6-11H,1-5H3. The first-order chi connectivity index (χ1) is 9.75. The molecule has 0 aliphatic carbocycles. The Hall–Kier alpha value is -1.42. The fraction of sp³-hybridized carbons (Fsp3) is 0.412. The second-order valence-electron chi connectivity index (χ2n) is 6.42. The third-order valence-corrected chi connectivity index (χ3v) is 3.53. The van der Waals surface area contributed by atoms with Gasteiger partial charge in [-0.15, -0.1) is 0 Å². The van der Waals surface area contributed by atoms with E-state index in [0.717, 1.165) is 16.2 Å². The van der Waals surface area contributed by atoms with Crippen LogP contribution in [0.15, 0.2) is 34.9 Å². The maximum absolute atomic E-state index is 5.90. The number of hydrogen-bond acceptors (Lipinski definition) is 3. The zero-order valence-electron chi connectivity index (χ0n) is 13.1. The highest BCUT2D eigenvalue weighted by Crippen LogP contribution is 2.29. The predicted octanol–water partition coefficient (Wildman–Crippen LogP) is 5.45. The summed E-state index contributed by atoms with van der Waals surface area (Å²) in [4.78, 5) is 8.81. The lowest BCUT2D eigenvalue weighted by Crippen LogP contribution is -2.10. The van der Waals surface area contributed by atoms with E-state index in [1.54, 1.807) is 6.07 Å². The van der Waals surface area contributed by atoms with Gasteiger partial charge < -0.3 is 4.74 Å². The zero-order valence-corrected chi connectivity index (χ0v) is 14.7. The van der Waals surface area contributed by atoms with Crippen molar-refractivity contribution in [3.8, 4) is 11.6 Å². The van der Waals surface area contributed by atoms with Crippen LogP contribution in [0.3, 0.4) is 0 Å². The number of hydrogen-bond donors (Lipinski definition) is 0. The van der Waals surface area contributed by atoms with Crippen LogP contribution in [-0.2, 0) is 5.41 Å². The van der Waals surface area contributed by atoms with E-state index in [0.29, 0.717) is 5.88 Å². The third kappa shape index (κ3) is 4.27. The molecule has 0 bridgehead atoms. The van der Waals surface area contributed by atoms with E-state index in [2.05, 4.69) is 72.6 Å². The first-order valence-electron chi connectivity index (χ1n) is 7.08. The smallest absolute Gasteiger partial charge is 0.223 e. The Morgan fingerprint density at radius 3 is 2.43 bits per heavy atom. The van der Waals surface area contributed by atoms with Gasteiger partial charge in [0.2, 0.25) is 5.88 Å². The Labute approximate surface area is 134 Å². The van der Waals surface area contributed by atoms with Gasteiger partial charge in [0, 0.05) is 12.0 Å². The van der Waals surface area contributed by atoms with Crippen molar-refractivity contribution in [2.45, 2.75) is 46.0 Å². The highest BCUT2D eigenvalue weighted by Gasteiger charge is 2.15. The topological polar surface area (TPSA) is 35.0 Å². The van der Waals surface area contributed by atoms with Gasteiger partial charge in [0.1, 0.15) is 16.2 Å². The largest absolute Gasteiger partial charge is 0.439 e. The average Bonchev–Trinajstić information content (AvgIpc) is 2.37. The van der Waals surface area contributed by atoms with Crippen LogP contribution < -0.4 is 4.74 Å². The van der Waals surface area contributed by atoms with Crippen molar-refractivity contribution < 1.29 is 4.74 Å². The Bertz CT molecular complexity index is 633. The van der Waals surface area contributed by atoms with Gasteiger partial charge in [0.15, 0.2) is 0 Å². The number of nitrogens with zero attached hydrogens (tertiary/aromatic N) is 2. The van der Waals surface area contributed by atoms with Crippen LogP contribution in [0.1, 0.15) is 51.9 Å². The molecule has 1 aromatic heterocycles. The molecule has 0 atom stereocenters. The lowest BCUT2D eigenvalue weighted by molar-refractivity contribution is 0.453. The summed E-state index contributed by atoms with van der Waals surface area (Å²) in [5.74, 6) is 2.38. The molecule has 1 heterocycles. The predicted molar refractivity (Wildman–Crippen MR) is 89.0 cm³/mol. The summed E-state index contributed by atoms with van der Waals surface area (Å²) in [6.07, 6.45) is 0. The molecule has 0 N–H and O–H groups in total. The van der Waals surface area contributed by atoms with Gasteiger partial charge in [0.05, 0.1) is 0 Å². The van der Waals surface area contributed by atoms with Crippen LogP contribution in [0, 0.1) is 0 Å². The molecule has 0 radical (unpaired) electrons. The minimum Gasteiger partial charge on any atom is -0.439 e. The lowest BCUT2D eigenvalue weighted by Gasteiger charge is -2.19. The highest BCUT2D eigenvalue weighted by molar-refractivity contribution is 9.10. The molecule has 0 saturated heterocycles. The van der Waals surface area contributed by atoms with Gasteiger partial charge >= 0.3 is 0 Å². The summed E-state index contributed by atoms with van der Waals surface area (Å²) in [5.41, 5.74) is 1.33. The maximum atomic E-state index is 5.90. The monoisotopic (exact) mass is 348 g/mol. The fourth-order valence-corrected chi connectivity index (χ4v) is 2.25. The van der Waals surface area contributed by atoms with E-state index >= 15 is 0 Å². The van der Waals surface area contributed by atoms with Crippen LogP contribution in [-0.4, -0.2) is 9.97 Å². The second-order valence-corrected chi connectivity index (χ2v) is 7.23. The Balaban J connectivity index is 2.30. The molecule has 0 amide bonds. The number of rotatable bonds is 3. The molecule has 0 aliphatic heterocycles. The number of halogens is 1. The molecule has 1 aromatic carbocycles. The first-order valence-corrected chi connectivity index (χ1v) is 7.88. The zero-order chi connectivity index (χ0) is 15.6.